The highest BCUT2D eigenvalue weighted by atomic mass is 32.2. The van der Waals surface area contributed by atoms with E-state index in [0.29, 0.717) is 16.5 Å². The number of hydrogen-bond acceptors (Lipinski definition) is 4. The zero-order valence-electron chi connectivity index (χ0n) is 17.2. The number of rotatable bonds is 3. The van der Waals surface area contributed by atoms with Crippen LogP contribution in [0.3, 0.4) is 0 Å². The van der Waals surface area contributed by atoms with E-state index in [9.17, 15) is 22.4 Å². The Kier molecular flexibility index (Phi) is 5.40. The molecule has 3 aromatic rings. The Bertz CT molecular complexity index is 1340. The third-order valence-electron chi connectivity index (χ3n) is 5.51. The maximum atomic E-state index is 13.7. The normalized spacial score (nSPS) is 15.4. The summed E-state index contributed by atoms with van der Waals surface area (Å²) < 4.78 is 41.2. The van der Waals surface area contributed by atoms with Crippen molar-refractivity contribution in [1.29, 1.82) is 0 Å². The number of pyridine rings is 1. The molecule has 0 spiro atoms. The summed E-state index contributed by atoms with van der Waals surface area (Å²) in [5.74, 6) is -0.941. The molecule has 1 fully saturated rings. The Morgan fingerprint density at radius 3 is 2.39 bits per heavy atom. The highest BCUT2D eigenvalue weighted by Gasteiger charge is 2.31. The van der Waals surface area contributed by atoms with Crippen molar-refractivity contribution >= 4 is 26.8 Å². The van der Waals surface area contributed by atoms with Gasteiger partial charge in [0.1, 0.15) is 5.82 Å². The minimum absolute atomic E-state index is 0.101. The van der Waals surface area contributed by atoms with Crippen LogP contribution in [0.1, 0.15) is 21.5 Å². The molecule has 1 aromatic heterocycles. The number of benzene rings is 2. The highest BCUT2D eigenvalue weighted by Crippen LogP contribution is 2.23. The van der Waals surface area contributed by atoms with Crippen LogP contribution in [-0.2, 0) is 10.0 Å². The van der Waals surface area contributed by atoms with Crippen molar-refractivity contribution in [2.75, 3.05) is 26.2 Å². The fourth-order valence-electron chi connectivity index (χ4n) is 3.93. The van der Waals surface area contributed by atoms with Crippen LogP contribution < -0.4 is 5.56 Å². The number of aromatic amines is 1. The van der Waals surface area contributed by atoms with E-state index in [2.05, 4.69) is 4.98 Å². The molecule has 2 aromatic carbocycles. The van der Waals surface area contributed by atoms with E-state index >= 15 is 0 Å². The number of aryl methyl sites for hydroxylation is 2. The van der Waals surface area contributed by atoms with Gasteiger partial charge in [-0.2, -0.15) is 4.31 Å². The molecule has 1 saturated heterocycles. The van der Waals surface area contributed by atoms with Gasteiger partial charge in [0.25, 0.3) is 5.91 Å². The number of H-pyrrole nitrogens is 1. The number of hydrogen-bond donors (Lipinski definition) is 1. The monoisotopic (exact) mass is 443 g/mol. The van der Waals surface area contributed by atoms with Crippen molar-refractivity contribution < 1.29 is 17.6 Å². The fraction of sp³-hybridized carbons (Fsp3) is 0.273. The molecule has 1 N–H and O–H groups in total. The van der Waals surface area contributed by atoms with Crippen molar-refractivity contribution in [3.05, 3.63) is 75.3 Å². The topological polar surface area (TPSA) is 90.6 Å². The number of amides is 1. The summed E-state index contributed by atoms with van der Waals surface area (Å²) in [5.41, 5.74) is 1.67. The van der Waals surface area contributed by atoms with Crippen LogP contribution in [0.25, 0.3) is 10.9 Å². The first-order valence-corrected chi connectivity index (χ1v) is 11.3. The van der Waals surface area contributed by atoms with Crippen LogP contribution >= 0.6 is 0 Å². The molecule has 7 nitrogen and oxygen atoms in total. The van der Waals surface area contributed by atoms with E-state index in [1.54, 1.807) is 19.1 Å². The van der Waals surface area contributed by atoms with Crippen LogP contribution in [0.4, 0.5) is 4.39 Å². The number of aromatic nitrogens is 1. The lowest BCUT2D eigenvalue weighted by molar-refractivity contribution is 0.0699. The smallest absolute Gasteiger partial charge is 0.254 e. The standard InChI is InChI=1S/C22H22FN3O4S/c1-14-3-6-20(15(2)11-14)31(29,30)26-9-7-25(8-10-26)22(28)18-13-21(27)24-19-5-4-16(23)12-17(18)19/h3-6,11-13H,7-10H2,1-2H3,(H,24,27). The zero-order valence-corrected chi connectivity index (χ0v) is 18.0. The summed E-state index contributed by atoms with van der Waals surface area (Å²) in [7, 11) is -3.68. The van der Waals surface area contributed by atoms with Crippen molar-refractivity contribution in [3.8, 4) is 0 Å². The molecule has 31 heavy (non-hydrogen) atoms. The lowest BCUT2D eigenvalue weighted by Gasteiger charge is -2.34. The average Bonchev–Trinajstić information content (AvgIpc) is 2.73. The average molecular weight is 444 g/mol. The third-order valence-corrected chi connectivity index (χ3v) is 7.57. The number of carbonyl (C=O) groups is 1. The molecule has 0 bridgehead atoms. The van der Waals surface area contributed by atoms with Crippen LogP contribution in [0.15, 0.2) is 52.2 Å². The molecule has 1 aliphatic heterocycles. The first-order chi connectivity index (χ1) is 14.7. The van der Waals surface area contributed by atoms with Crippen LogP contribution in [0.2, 0.25) is 0 Å². The van der Waals surface area contributed by atoms with E-state index in [4.69, 9.17) is 0 Å². The van der Waals surface area contributed by atoms with Crippen molar-refractivity contribution in [2.24, 2.45) is 0 Å². The molecule has 0 radical (unpaired) electrons. The lowest BCUT2D eigenvalue weighted by Crippen LogP contribution is -2.50. The number of fused-ring (bicyclic) bond motifs is 1. The van der Waals surface area contributed by atoms with Gasteiger partial charge in [-0.25, -0.2) is 12.8 Å². The molecule has 0 atom stereocenters. The van der Waals surface area contributed by atoms with Crippen molar-refractivity contribution in [1.82, 2.24) is 14.2 Å². The van der Waals surface area contributed by atoms with E-state index in [0.717, 1.165) is 11.6 Å². The van der Waals surface area contributed by atoms with E-state index in [1.165, 1.54) is 27.4 Å². The summed E-state index contributed by atoms with van der Waals surface area (Å²) in [6.45, 7) is 4.28. The number of halogens is 1. The zero-order chi connectivity index (χ0) is 22.3. The second-order valence-electron chi connectivity index (χ2n) is 7.70. The Morgan fingerprint density at radius 1 is 1.00 bits per heavy atom. The summed E-state index contributed by atoms with van der Waals surface area (Å²) in [6, 6.07) is 10.2. The van der Waals surface area contributed by atoms with Gasteiger partial charge in [-0.1, -0.05) is 17.7 Å². The quantitative estimate of drug-likeness (QED) is 0.673. The molecule has 2 heterocycles. The van der Waals surface area contributed by atoms with Gasteiger partial charge in [0.2, 0.25) is 15.6 Å². The molecular formula is C22H22FN3O4S. The minimum atomic E-state index is -3.68. The van der Waals surface area contributed by atoms with Gasteiger partial charge in [-0.15, -0.1) is 0 Å². The molecule has 9 heteroatoms. The summed E-state index contributed by atoms with van der Waals surface area (Å²) in [4.78, 5) is 29.4. The molecular weight excluding hydrogens is 421 g/mol. The maximum Gasteiger partial charge on any atom is 0.254 e. The van der Waals surface area contributed by atoms with Gasteiger partial charge >= 0.3 is 0 Å². The lowest BCUT2D eigenvalue weighted by atomic mass is 10.1. The van der Waals surface area contributed by atoms with Crippen LogP contribution in [0.5, 0.6) is 0 Å². The predicted molar refractivity (Wildman–Crippen MR) is 115 cm³/mol. The number of nitrogens with one attached hydrogen (secondary N) is 1. The molecule has 1 aliphatic rings. The number of nitrogens with zero attached hydrogens (tertiary/aromatic N) is 2. The largest absolute Gasteiger partial charge is 0.336 e. The van der Waals surface area contributed by atoms with Crippen molar-refractivity contribution in [2.45, 2.75) is 18.7 Å². The van der Waals surface area contributed by atoms with Gasteiger partial charge in [-0.05, 0) is 43.7 Å². The highest BCUT2D eigenvalue weighted by molar-refractivity contribution is 7.89. The first-order valence-electron chi connectivity index (χ1n) is 9.86. The summed E-state index contributed by atoms with van der Waals surface area (Å²) in [6.07, 6.45) is 0. The van der Waals surface area contributed by atoms with Crippen molar-refractivity contribution in [3.63, 3.8) is 0 Å². The Balaban J connectivity index is 1.57. The molecule has 0 aliphatic carbocycles. The molecule has 162 valence electrons. The summed E-state index contributed by atoms with van der Waals surface area (Å²) in [5, 5.41) is 0.315. The third kappa shape index (κ3) is 3.98. The Labute approximate surface area is 179 Å². The van der Waals surface area contributed by atoms with E-state index in [-0.39, 0.29) is 36.6 Å². The second kappa shape index (κ2) is 7.90. The Hall–Kier alpha value is -3.04. The number of piperazine rings is 1. The SMILES string of the molecule is Cc1ccc(S(=O)(=O)N2CCN(C(=O)c3cc(=O)[nH]c4ccc(F)cc34)CC2)c(C)c1. The van der Waals surface area contributed by atoms with E-state index in [1.807, 2.05) is 13.0 Å². The second-order valence-corrected chi connectivity index (χ2v) is 9.61. The van der Waals surface area contributed by atoms with Gasteiger partial charge < -0.3 is 9.88 Å². The van der Waals surface area contributed by atoms with E-state index < -0.39 is 27.3 Å². The predicted octanol–water partition coefficient (Wildman–Crippen LogP) is 2.43. The van der Waals surface area contributed by atoms with Gasteiger partial charge in [-0.3, -0.25) is 9.59 Å². The van der Waals surface area contributed by atoms with Crippen LogP contribution in [-0.4, -0.2) is 54.7 Å². The molecule has 4 rings (SSSR count). The van der Waals surface area contributed by atoms with Gasteiger partial charge in [0.15, 0.2) is 0 Å². The fourth-order valence-corrected chi connectivity index (χ4v) is 5.56. The molecule has 0 saturated carbocycles. The van der Waals surface area contributed by atoms with Crippen LogP contribution in [0, 0.1) is 19.7 Å². The molecule has 0 unspecified atom stereocenters. The van der Waals surface area contributed by atoms with Gasteiger partial charge in [0, 0.05) is 43.1 Å². The number of sulfonamides is 1. The first kappa shape index (κ1) is 21.2. The Morgan fingerprint density at radius 2 is 1.71 bits per heavy atom. The summed E-state index contributed by atoms with van der Waals surface area (Å²) >= 11 is 0. The number of carbonyl (C=O) groups excluding carboxylic acids is 1. The maximum absolute atomic E-state index is 13.7. The van der Waals surface area contributed by atoms with Gasteiger partial charge in [0.05, 0.1) is 10.5 Å². The minimum Gasteiger partial charge on any atom is -0.336 e. The molecule has 1 amide bonds.